The van der Waals surface area contributed by atoms with Crippen LogP contribution >= 0.6 is 45.2 Å². The maximum Gasteiger partial charge on any atom is 0.314 e. The molecule has 0 aliphatic carbocycles. The molecule has 0 aromatic heterocycles. The molecule has 1 saturated heterocycles. The first-order valence-electron chi connectivity index (χ1n) is 27.3. The summed E-state index contributed by atoms with van der Waals surface area (Å²) in [7, 11) is 0. The molecule has 25 nitrogen and oxygen atoms in total. The Bertz CT molecular complexity index is 2410. The van der Waals surface area contributed by atoms with E-state index >= 15 is 0 Å². The minimum atomic E-state index is -1.02. The first kappa shape index (κ1) is 88.0. The number of alkyl halides is 2. The second kappa shape index (κ2) is 64.2. The standard InChI is InChI=1S/C22H35N3O6.C12H13NO4.C8H9NO.C4H4O3.3C3H6O2.2CH3I.2CH4/c1-18(26)19-5-2-6-20(17-19)25-22(28)8-7-21(27)24-10-4-12-30-14-16-31-15-13-29-11-3-9-23;1-8(14)9-3-2-4-10(7-9)13-11(15)5-6-12(16)17;1-6(10)7-3-2-4-8(9)5-7;5-3-1-2-4(6)7-3;3*1-2-3(4)5;2*1-2;;/h2,5-6,17H,3-4,7-16,23H2,1H3,(H,24,27)(H,25,28);2-4,7H,5-6H2,1H3,(H,13,15)(H,16,17);2-5H,9H2,1H3;1-2H2;3*2H2,1H3,(H,4,5);2*1H3;2*1H4/i;;;;;;;2*1D;;. The summed E-state index contributed by atoms with van der Waals surface area (Å²) < 4.78 is 32.6. The van der Waals surface area contributed by atoms with Crippen LogP contribution < -0.4 is 27.4 Å². The van der Waals surface area contributed by atoms with Crippen molar-refractivity contribution in [2.45, 2.75) is 127 Å². The van der Waals surface area contributed by atoms with Crippen LogP contribution in [-0.2, 0) is 62.1 Å². The molecule has 3 aromatic carbocycles. The Morgan fingerprint density at radius 1 is 0.535 bits per heavy atom. The van der Waals surface area contributed by atoms with E-state index in [0.717, 1.165) is 6.42 Å². The van der Waals surface area contributed by atoms with E-state index in [0.29, 0.717) is 103 Å². The van der Waals surface area contributed by atoms with Crippen molar-refractivity contribution in [3.05, 3.63) is 89.5 Å². The van der Waals surface area contributed by atoms with E-state index in [9.17, 15) is 57.5 Å². The molecule has 4 rings (SSSR count). The third-order valence-corrected chi connectivity index (χ3v) is 9.24. The number of rotatable bonds is 27. The Morgan fingerprint density at radius 3 is 1.16 bits per heavy atom. The number of aliphatic carboxylic acids is 4. The van der Waals surface area contributed by atoms with Gasteiger partial charge in [0, 0.05) is 94.8 Å². The number of ketones is 3. The predicted octanol–water partition coefficient (Wildman–Crippen LogP) is 9.34. The molecule has 0 saturated carbocycles. The Kier molecular flexibility index (Phi) is 65.7. The minimum absolute atomic E-state index is 0. The number of carbonyl (C=O) groups excluding carboxylic acids is 8. The van der Waals surface area contributed by atoms with Crippen LogP contribution in [0.2, 0.25) is 0 Å². The zero-order valence-electron chi connectivity index (χ0n) is 50.5. The number of carboxylic acids is 4. The topological polar surface area (TPSA) is 411 Å². The molecule has 0 atom stereocenters. The highest BCUT2D eigenvalue weighted by Crippen LogP contribution is 2.13. The van der Waals surface area contributed by atoms with Crippen LogP contribution in [-0.4, -0.2) is 154 Å². The van der Waals surface area contributed by atoms with Crippen molar-refractivity contribution >= 4 is 133 Å². The number of anilines is 3. The van der Waals surface area contributed by atoms with Gasteiger partial charge < -0.3 is 66.8 Å². The van der Waals surface area contributed by atoms with Gasteiger partial charge in [-0.2, -0.15) is 0 Å². The van der Waals surface area contributed by atoms with Gasteiger partial charge in [0.15, 0.2) is 17.3 Å². The molecule has 0 bridgehead atoms. The second-order valence-corrected chi connectivity index (χ2v) is 16.2. The van der Waals surface area contributed by atoms with Crippen molar-refractivity contribution < 1.29 is 99.6 Å². The molecule has 3 aromatic rings. The third-order valence-electron chi connectivity index (χ3n) is 9.24. The number of carboxylic acid groups (broad SMARTS) is 4. The Balaban J connectivity index is -0.000000193. The number of nitrogens with two attached hydrogens (primary N) is 2. The summed E-state index contributed by atoms with van der Waals surface area (Å²) in [6.07, 6.45) is 2.59. The highest BCUT2D eigenvalue weighted by Gasteiger charge is 2.19. The number of benzene rings is 3. The number of halogens is 2. The number of carbonyl (C=O) groups is 12. The lowest BCUT2D eigenvalue weighted by atomic mass is 10.1. The number of cyclic esters (lactones) is 2. The molecule has 0 unspecified atom stereocenters. The quantitative estimate of drug-likeness (QED) is 0.00652. The smallest absolute Gasteiger partial charge is 0.314 e. The highest BCUT2D eigenvalue weighted by atomic mass is 127. The van der Waals surface area contributed by atoms with Crippen molar-refractivity contribution in [3.63, 3.8) is 0 Å². The number of hydrogen-bond acceptors (Lipinski definition) is 18. The lowest BCUT2D eigenvalue weighted by Crippen LogP contribution is -2.26. The number of hydrogen-bond donors (Lipinski definition) is 9. The molecule has 11 N–H and O–H groups in total. The van der Waals surface area contributed by atoms with Gasteiger partial charge in [0.2, 0.25) is 17.7 Å². The average molecular weight is 1450 g/mol. The van der Waals surface area contributed by atoms with Crippen LogP contribution in [0.15, 0.2) is 72.8 Å². The average Bonchev–Trinajstić information content (AvgIpc) is 4.03. The first-order chi connectivity index (χ1) is 40.6. The van der Waals surface area contributed by atoms with Gasteiger partial charge in [-0.15, -0.1) is 0 Å². The first-order valence-corrected chi connectivity index (χ1v) is 28.9. The Labute approximate surface area is 536 Å². The normalized spacial score (nSPS) is 10.2. The summed E-state index contributed by atoms with van der Waals surface area (Å²) in [6, 6.07) is 20.1. The van der Waals surface area contributed by atoms with Gasteiger partial charge in [0.25, 0.3) is 0 Å². The van der Waals surface area contributed by atoms with Crippen LogP contribution in [0.25, 0.3) is 0 Å². The van der Waals surface area contributed by atoms with E-state index < -0.39 is 35.8 Å². The van der Waals surface area contributed by atoms with Crippen LogP contribution in [0.1, 0.15) is 161 Å². The lowest BCUT2D eigenvalue weighted by molar-refractivity contribution is -0.152. The summed E-state index contributed by atoms with van der Waals surface area (Å²) in [6.45, 7) is 13.6. The fourth-order valence-electron chi connectivity index (χ4n) is 4.93. The summed E-state index contributed by atoms with van der Waals surface area (Å²) in [5.74, 6) is -5.01. The van der Waals surface area contributed by atoms with Gasteiger partial charge in [-0.05, 0) is 86.4 Å². The third kappa shape index (κ3) is 64.8. The van der Waals surface area contributed by atoms with Crippen molar-refractivity contribution in [3.8, 4) is 0 Å². The lowest BCUT2D eigenvalue weighted by Gasteiger charge is -2.08. The van der Waals surface area contributed by atoms with Gasteiger partial charge in [0.1, 0.15) is 0 Å². The van der Waals surface area contributed by atoms with Crippen molar-refractivity contribution in [2.24, 2.45) is 5.73 Å². The predicted molar refractivity (Wildman–Crippen MR) is 348 cm³/mol. The van der Waals surface area contributed by atoms with Crippen molar-refractivity contribution in [1.82, 2.24) is 5.32 Å². The SMILES string of the molecule is C.C.CC(=O)c1cccc(N)c1.CC(=O)c1cccc(NC(=O)CCC(=O)NCCCOCCOCCOCCCN)c1.CC(=O)c1cccc(NC(=O)CCC(=O)O)c1.CCC(=O)O.CCC(=O)O.CCC(=O)O.O=C1CCC(=O)O1.[2H]CI.[2H]CI. The van der Waals surface area contributed by atoms with Gasteiger partial charge in [-0.3, -0.25) is 57.5 Å². The molecule has 1 aliphatic rings. The summed E-state index contributed by atoms with van der Waals surface area (Å²) >= 11 is 3.91. The molecule has 488 valence electrons. The zero-order chi connectivity index (χ0) is 66.7. The van der Waals surface area contributed by atoms with Crippen LogP contribution in [0, 0.1) is 0 Å². The van der Waals surface area contributed by atoms with Crippen LogP contribution in [0.3, 0.4) is 0 Å². The van der Waals surface area contributed by atoms with Crippen molar-refractivity contribution in [1.29, 1.82) is 0 Å². The summed E-state index contributed by atoms with van der Waals surface area (Å²) in [4.78, 5) is 128. The van der Waals surface area contributed by atoms with E-state index in [1.807, 2.05) is 45.2 Å². The highest BCUT2D eigenvalue weighted by molar-refractivity contribution is 14.1. The molecule has 27 heteroatoms. The number of Topliss-reactive ketones (excluding diaryl/α,β-unsaturated/α-hetero) is 3. The van der Waals surface area contributed by atoms with Gasteiger partial charge >= 0.3 is 35.8 Å². The van der Waals surface area contributed by atoms with E-state index in [-0.39, 0.29) is 108 Å². The maximum atomic E-state index is 12.0. The van der Waals surface area contributed by atoms with Crippen molar-refractivity contribution in [2.75, 3.05) is 78.9 Å². The Hall–Kier alpha value is -6.80. The number of esters is 2. The van der Waals surface area contributed by atoms with Gasteiger partial charge in [-0.25, -0.2) is 0 Å². The van der Waals surface area contributed by atoms with Gasteiger partial charge in [0.05, 0.1) is 45.7 Å². The van der Waals surface area contributed by atoms with Crippen LogP contribution in [0.5, 0.6) is 0 Å². The maximum absolute atomic E-state index is 12.0. The van der Waals surface area contributed by atoms with Gasteiger partial charge in [-0.1, -0.05) is 117 Å². The molecule has 3 amide bonds. The number of nitrogens with one attached hydrogen (secondary N) is 3. The molecule has 0 radical (unpaired) electrons. The number of ether oxygens (including phenoxy) is 4. The van der Waals surface area contributed by atoms with E-state index in [1.54, 1.807) is 93.6 Å². The molecule has 86 heavy (non-hydrogen) atoms. The molecule has 1 heterocycles. The fourth-order valence-corrected chi connectivity index (χ4v) is 4.93. The summed E-state index contributed by atoms with van der Waals surface area (Å²) in [5.41, 5.74) is 14.2. The molecular weight excluding hydrogens is 1350 g/mol. The van der Waals surface area contributed by atoms with E-state index in [1.165, 1.54) is 20.8 Å². The van der Waals surface area contributed by atoms with E-state index in [4.69, 9.17) is 48.8 Å². The van der Waals surface area contributed by atoms with Crippen LogP contribution in [0.4, 0.5) is 17.1 Å². The largest absolute Gasteiger partial charge is 0.481 e. The molecular formula is C59H93I2N5O20. The zero-order valence-corrected chi connectivity index (χ0v) is 52.8. The minimum Gasteiger partial charge on any atom is -0.481 e. The second-order valence-electron chi connectivity index (χ2n) is 16.2. The number of nitrogen functional groups attached to an aromatic ring is 1. The number of amides is 3. The fraction of sp³-hybridized carbons (Fsp3) is 0.492. The van der Waals surface area contributed by atoms with E-state index in [2.05, 4.69) is 20.7 Å². The molecule has 0 spiro atoms. The summed E-state index contributed by atoms with van der Waals surface area (Å²) in [5, 5.41) is 39.6. The Morgan fingerprint density at radius 2 is 0.860 bits per heavy atom. The molecule has 1 fully saturated rings. The molecule has 1 aliphatic heterocycles. The monoisotopic (exact) mass is 1450 g/mol.